The minimum absolute atomic E-state index is 0.0312. The van der Waals surface area contributed by atoms with Gasteiger partial charge in [0, 0.05) is 17.6 Å². The Morgan fingerprint density at radius 1 is 1.15 bits per heavy atom. The molecule has 0 bridgehead atoms. The molecule has 2 aromatic rings. The van der Waals surface area contributed by atoms with Crippen LogP contribution in [0, 0.1) is 11.3 Å². The largest absolute Gasteiger partial charge is 0.376 e. The molecule has 0 saturated heterocycles. The summed E-state index contributed by atoms with van der Waals surface area (Å²) in [4.78, 5) is 26.7. The molecule has 0 spiro atoms. The van der Waals surface area contributed by atoms with E-state index in [1.165, 1.54) is 4.90 Å². The van der Waals surface area contributed by atoms with E-state index in [9.17, 15) is 9.59 Å². The van der Waals surface area contributed by atoms with E-state index >= 15 is 0 Å². The van der Waals surface area contributed by atoms with Crippen LogP contribution < -0.4 is 10.6 Å². The summed E-state index contributed by atoms with van der Waals surface area (Å²) < 4.78 is 0. The topological polar surface area (TPSA) is 85.2 Å². The second kappa shape index (κ2) is 9.49. The number of benzene rings is 2. The third-order valence-corrected chi connectivity index (χ3v) is 4.44. The molecule has 0 atom stereocenters. The van der Waals surface area contributed by atoms with E-state index in [0.29, 0.717) is 5.56 Å². The lowest BCUT2D eigenvalue weighted by atomic mass is 10.2. The maximum atomic E-state index is 12.2. The van der Waals surface area contributed by atoms with E-state index < -0.39 is 0 Å². The highest BCUT2D eigenvalue weighted by atomic mass is 32.2. The third kappa shape index (κ3) is 5.53. The van der Waals surface area contributed by atoms with Crippen molar-refractivity contribution in [3.8, 4) is 6.07 Å². The lowest BCUT2D eigenvalue weighted by Crippen LogP contribution is -2.38. The molecule has 0 unspecified atom stereocenters. The van der Waals surface area contributed by atoms with Gasteiger partial charge in [-0.05, 0) is 42.7 Å². The van der Waals surface area contributed by atoms with Gasteiger partial charge in [0.25, 0.3) is 0 Å². The van der Waals surface area contributed by atoms with Crippen molar-refractivity contribution in [3.05, 3.63) is 54.1 Å². The van der Waals surface area contributed by atoms with Gasteiger partial charge in [0.1, 0.15) is 0 Å². The van der Waals surface area contributed by atoms with Gasteiger partial charge in [-0.3, -0.25) is 9.59 Å². The molecule has 0 aliphatic rings. The van der Waals surface area contributed by atoms with E-state index in [1.54, 1.807) is 43.1 Å². The average Bonchev–Trinajstić information content (AvgIpc) is 2.66. The summed E-state index contributed by atoms with van der Waals surface area (Å²) >= 11 is 1.55. The predicted octanol–water partition coefficient (Wildman–Crippen LogP) is 2.79. The SMILES string of the molecule is CSc1ccccc1NC(=O)CN(C)C(=O)CNc1ccc(C#N)cc1. The molecule has 0 saturated carbocycles. The first kappa shape index (κ1) is 19.3. The fourth-order valence-corrected chi connectivity index (χ4v) is 2.77. The van der Waals surface area contributed by atoms with E-state index in [0.717, 1.165) is 16.3 Å². The lowest BCUT2D eigenvalue weighted by molar-refractivity contribution is -0.131. The first-order chi connectivity index (χ1) is 12.5. The monoisotopic (exact) mass is 368 g/mol. The van der Waals surface area contributed by atoms with Gasteiger partial charge in [-0.1, -0.05) is 12.1 Å². The predicted molar refractivity (Wildman–Crippen MR) is 104 cm³/mol. The Hall–Kier alpha value is -2.98. The number of carbonyl (C=O) groups is 2. The van der Waals surface area contributed by atoms with E-state index in [-0.39, 0.29) is 24.9 Å². The molecule has 2 rings (SSSR count). The Labute approximate surface area is 157 Å². The van der Waals surface area contributed by atoms with E-state index in [2.05, 4.69) is 10.6 Å². The summed E-state index contributed by atoms with van der Waals surface area (Å²) in [5.41, 5.74) is 2.03. The molecule has 0 fully saturated rings. The van der Waals surface area contributed by atoms with Crippen LogP contribution in [0.3, 0.4) is 0 Å². The maximum absolute atomic E-state index is 12.2. The van der Waals surface area contributed by atoms with Crippen molar-refractivity contribution in [3.63, 3.8) is 0 Å². The average molecular weight is 368 g/mol. The summed E-state index contributed by atoms with van der Waals surface area (Å²) in [7, 11) is 1.59. The number of likely N-dealkylation sites (N-methyl/N-ethyl adjacent to an activating group) is 1. The van der Waals surface area contributed by atoms with Crippen LogP contribution in [-0.4, -0.2) is 43.1 Å². The first-order valence-electron chi connectivity index (χ1n) is 7.94. The molecular formula is C19H20N4O2S. The molecule has 2 amide bonds. The number of nitrogens with zero attached hydrogens (tertiary/aromatic N) is 2. The standard InChI is InChI=1S/C19H20N4O2S/c1-23(13-18(24)22-16-5-3-4-6-17(16)26-2)19(25)12-21-15-9-7-14(11-20)8-10-15/h3-10,21H,12-13H2,1-2H3,(H,22,24). The molecule has 6 nitrogen and oxygen atoms in total. The summed E-state index contributed by atoms with van der Waals surface area (Å²) in [6, 6.07) is 16.4. The summed E-state index contributed by atoms with van der Waals surface area (Å²) in [5, 5.41) is 14.6. The van der Waals surface area contributed by atoms with Gasteiger partial charge in [0.2, 0.25) is 11.8 Å². The highest BCUT2D eigenvalue weighted by molar-refractivity contribution is 7.98. The molecule has 7 heteroatoms. The van der Waals surface area contributed by atoms with Crippen LogP contribution in [0.4, 0.5) is 11.4 Å². The van der Waals surface area contributed by atoms with Gasteiger partial charge in [-0.25, -0.2) is 0 Å². The summed E-state index contributed by atoms with van der Waals surface area (Å²) in [6.45, 7) is 0.0354. The minimum Gasteiger partial charge on any atom is -0.376 e. The van der Waals surface area contributed by atoms with Crippen molar-refractivity contribution in [2.45, 2.75) is 4.90 Å². The van der Waals surface area contributed by atoms with Crippen LogP contribution in [0.15, 0.2) is 53.4 Å². The normalized spacial score (nSPS) is 9.88. The lowest BCUT2D eigenvalue weighted by Gasteiger charge is -2.18. The zero-order chi connectivity index (χ0) is 18.9. The Balaban J connectivity index is 1.83. The van der Waals surface area contributed by atoms with Gasteiger partial charge in [0.05, 0.1) is 30.4 Å². The third-order valence-electron chi connectivity index (χ3n) is 3.65. The highest BCUT2D eigenvalue weighted by Crippen LogP contribution is 2.24. The molecular weight excluding hydrogens is 348 g/mol. The van der Waals surface area contributed by atoms with Crippen molar-refractivity contribution < 1.29 is 9.59 Å². The van der Waals surface area contributed by atoms with Gasteiger partial charge >= 0.3 is 0 Å². The van der Waals surface area contributed by atoms with Gasteiger partial charge < -0.3 is 15.5 Å². The number of hydrogen-bond donors (Lipinski definition) is 2. The van der Waals surface area contributed by atoms with Crippen LogP contribution in [-0.2, 0) is 9.59 Å². The van der Waals surface area contributed by atoms with Crippen LogP contribution in [0.25, 0.3) is 0 Å². The van der Waals surface area contributed by atoms with Crippen LogP contribution in [0.1, 0.15) is 5.56 Å². The Morgan fingerprint density at radius 3 is 2.50 bits per heavy atom. The molecule has 0 aliphatic carbocycles. The number of thioether (sulfide) groups is 1. The number of carbonyl (C=O) groups excluding carboxylic acids is 2. The molecule has 0 radical (unpaired) electrons. The zero-order valence-corrected chi connectivity index (χ0v) is 15.5. The van der Waals surface area contributed by atoms with Crippen molar-refractivity contribution in [1.82, 2.24) is 4.90 Å². The molecule has 134 valence electrons. The zero-order valence-electron chi connectivity index (χ0n) is 14.7. The molecule has 2 aromatic carbocycles. The molecule has 0 aromatic heterocycles. The van der Waals surface area contributed by atoms with E-state index in [1.807, 2.05) is 36.6 Å². The maximum Gasteiger partial charge on any atom is 0.244 e. The number of hydrogen-bond acceptors (Lipinski definition) is 5. The number of nitriles is 1. The number of amides is 2. The van der Waals surface area contributed by atoms with Crippen molar-refractivity contribution in [1.29, 1.82) is 5.26 Å². The minimum atomic E-state index is -0.249. The number of para-hydroxylation sites is 1. The molecule has 0 heterocycles. The number of nitrogens with one attached hydrogen (secondary N) is 2. The highest BCUT2D eigenvalue weighted by Gasteiger charge is 2.14. The van der Waals surface area contributed by atoms with Crippen LogP contribution >= 0.6 is 11.8 Å². The van der Waals surface area contributed by atoms with Crippen LogP contribution in [0.5, 0.6) is 0 Å². The Bertz CT molecular complexity index is 815. The Morgan fingerprint density at radius 2 is 1.85 bits per heavy atom. The quantitative estimate of drug-likeness (QED) is 0.734. The van der Waals surface area contributed by atoms with E-state index in [4.69, 9.17) is 5.26 Å². The van der Waals surface area contributed by atoms with Crippen molar-refractivity contribution in [2.75, 3.05) is 37.0 Å². The summed E-state index contributed by atoms with van der Waals surface area (Å²) in [5.74, 6) is -0.455. The van der Waals surface area contributed by atoms with Gasteiger partial charge in [0.15, 0.2) is 0 Å². The van der Waals surface area contributed by atoms with Gasteiger partial charge in [-0.2, -0.15) is 5.26 Å². The van der Waals surface area contributed by atoms with Crippen LogP contribution in [0.2, 0.25) is 0 Å². The summed E-state index contributed by atoms with van der Waals surface area (Å²) in [6.07, 6.45) is 1.94. The second-order valence-electron chi connectivity index (χ2n) is 5.54. The fourth-order valence-electron chi connectivity index (χ4n) is 2.22. The molecule has 0 aliphatic heterocycles. The Kier molecular flexibility index (Phi) is 7.06. The first-order valence-corrected chi connectivity index (χ1v) is 9.17. The number of rotatable bonds is 7. The second-order valence-corrected chi connectivity index (χ2v) is 6.39. The van der Waals surface area contributed by atoms with Crippen molar-refractivity contribution in [2.24, 2.45) is 0 Å². The fraction of sp³-hybridized carbons (Fsp3) is 0.211. The number of anilines is 2. The van der Waals surface area contributed by atoms with Crippen molar-refractivity contribution >= 4 is 35.0 Å². The molecule has 2 N–H and O–H groups in total. The molecule has 26 heavy (non-hydrogen) atoms. The van der Waals surface area contributed by atoms with Gasteiger partial charge in [-0.15, -0.1) is 11.8 Å². The smallest absolute Gasteiger partial charge is 0.244 e.